The fraction of sp³-hybridized carbons (Fsp3) is 0.917. The number of hydrogen-bond acceptors (Lipinski definition) is 4. The molecule has 0 aliphatic carbocycles. The van der Waals surface area contributed by atoms with E-state index in [0.29, 0.717) is 19.1 Å². The van der Waals surface area contributed by atoms with E-state index in [1.807, 2.05) is 0 Å². The van der Waals surface area contributed by atoms with Crippen LogP contribution in [0.15, 0.2) is 0 Å². The van der Waals surface area contributed by atoms with Gasteiger partial charge in [0.05, 0.1) is 20.3 Å². The van der Waals surface area contributed by atoms with Gasteiger partial charge in [-0.15, -0.1) is 0 Å². The number of likely N-dealkylation sites (tertiary alicyclic amines) is 1. The van der Waals surface area contributed by atoms with Crippen LogP contribution in [0.5, 0.6) is 0 Å². The first-order valence-electron chi connectivity index (χ1n) is 6.01. The summed E-state index contributed by atoms with van der Waals surface area (Å²) in [4.78, 5) is 14.1. The molecule has 4 heteroatoms. The van der Waals surface area contributed by atoms with Crippen molar-refractivity contribution >= 4 is 5.97 Å². The summed E-state index contributed by atoms with van der Waals surface area (Å²) >= 11 is 0. The smallest absolute Gasteiger partial charge is 0.316 e. The van der Waals surface area contributed by atoms with Gasteiger partial charge in [0.2, 0.25) is 0 Å². The van der Waals surface area contributed by atoms with Crippen molar-refractivity contribution in [3.05, 3.63) is 0 Å². The van der Waals surface area contributed by atoms with Gasteiger partial charge in [-0.1, -0.05) is 0 Å². The van der Waals surface area contributed by atoms with E-state index >= 15 is 0 Å². The molecule has 2 rings (SSSR count). The normalized spacial score (nSPS) is 29.5. The number of carbonyl (C=O) groups is 1. The third-order valence-electron chi connectivity index (χ3n) is 3.78. The Morgan fingerprint density at radius 3 is 2.81 bits per heavy atom. The maximum Gasteiger partial charge on any atom is 0.316 e. The van der Waals surface area contributed by atoms with E-state index in [9.17, 15) is 4.79 Å². The number of methoxy groups -OCH3 is 1. The van der Waals surface area contributed by atoms with E-state index in [4.69, 9.17) is 9.47 Å². The molecular formula is C12H21NO3. The molecule has 0 aromatic heterocycles. The highest BCUT2D eigenvalue weighted by atomic mass is 16.5. The summed E-state index contributed by atoms with van der Waals surface area (Å²) in [5.41, 5.74) is -0.336. The monoisotopic (exact) mass is 227 g/mol. The molecule has 0 amide bonds. The maximum absolute atomic E-state index is 11.8. The van der Waals surface area contributed by atoms with Gasteiger partial charge in [0.15, 0.2) is 0 Å². The van der Waals surface area contributed by atoms with Crippen LogP contribution >= 0.6 is 0 Å². The highest BCUT2D eigenvalue weighted by molar-refractivity contribution is 5.78. The highest BCUT2D eigenvalue weighted by Gasteiger charge is 2.48. The van der Waals surface area contributed by atoms with Crippen LogP contribution in [0.2, 0.25) is 0 Å². The van der Waals surface area contributed by atoms with Gasteiger partial charge in [-0.2, -0.15) is 0 Å². The second kappa shape index (κ2) is 4.72. The van der Waals surface area contributed by atoms with Crippen LogP contribution < -0.4 is 0 Å². The van der Waals surface area contributed by atoms with E-state index in [0.717, 1.165) is 13.0 Å². The molecule has 1 unspecified atom stereocenters. The molecule has 4 nitrogen and oxygen atoms in total. The standard InChI is InChI=1S/C12H21NO3/c1-13-5-3-4-10(7-13)6-12(8-16-9-12)11(14)15-2/h10H,3-9H2,1-2H3. The quantitative estimate of drug-likeness (QED) is 0.672. The Balaban J connectivity index is 1.93. The van der Waals surface area contributed by atoms with Crippen LogP contribution in [0.1, 0.15) is 19.3 Å². The first-order chi connectivity index (χ1) is 7.66. The van der Waals surface area contributed by atoms with Crippen molar-refractivity contribution in [3.63, 3.8) is 0 Å². The average molecular weight is 227 g/mol. The summed E-state index contributed by atoms with van der Waals surface area (Å²) in [6.07, 6.45) is 3.38. The lowest BCUT2D eigenvalue weighted by Gasteiger charge is -2.42. The van der Waals surface area contributed by atoms with Gasteiger partial charge in [-0.3, -0.25) is 4.79 Å². The molecular weight excluding hydrogens is 206 g/mol. The number of carbonyl (C=O) groups excluding carboxylic acids is 1. The molecule has 2 saturated heterocycles. The summed E-state index contributed by atoms with van der Waals surface area (Å²) in [6.45, 7) is 3.36. The van der Waals surface area contributed by atoms with Crippen LogP contribution in [0.4, 0.5) is 0 Å². The molecule has 1 atom stereocenters. The minimum Gasteiger partial charge on any atom is -0.468 e. The Kier molecular flexibility index (Phi) is 3.50. The third kappa shape index (κ3) is 2.23. The minimum atomic E-state index is -0.336. The Hall–Kier alpha value is -0.610. The maximum atomic E-state index is 11.8. The van der Waals surface area contributed by atoms with Gasteiger partial charge in [-0.05, 0) is 38.8 Å². The van der Waals surface area contributed by atoms with Crippen LogP contribution in [-0.4, -0.2) is 51.3 Å². The number of esters is 1. The highest BCUT2D eigenvalue weighted by Crippen LogP contribution is 2.38. The van der Waals surface area contributed by atoms with Crippen molar-refractivity contribution in [1.29, 1.82) is 0 Å². The van der Waals surface area contributed by atoms with Crippen molar-refractivity contribution in [3.8, 4) is 0 Å². The molecule has 2 aliphatic heterocycles. The van der Waals surface area contributed by atoms with Gasteiger partial charge < -0.3 is 14.4 Å². The van der Waals surface area contributed by atoms with Crippen LogP contribution in [0, 0.1) is 11.3 Å². The third-order valence-corrected chi connectivity index (χ3v) is 3.78. The van der Waals surface area contributed by atoms with Crippen molar-refractivity contribution in [2.75, 3.05) is 40.5 Å². The van der Waals surface area contributed by atoms with Crippen molar-refractivity contribution in [2.45, 2.75) is 19.3 Å². The van der Waals surface area contributed by atoms with E-state index in [-0.39, 0.29) is 11.4 Å². The van der Waals surface area contributed by atoms with E-state index in [1.165, 1.54) is 26.5 Å². The number of hydrogen-bond donors (Lipinski definition) is 0. The molecule has 0 saturated carbocycles. The predicted octanol–water partition coefficient (Wildman–Crippen LogP) is 0.908. The summed E-state index contributed by atoms with van der Waals surface area (Å²) in [5.74, 6) is 0.522. The molecule has 16 heavy (non-hydrogen) atoms. The first kappa shape index (κ1) is 11.9. The lowest BCUT2D eigenvalue weighted by Crippen LogP contribution is -2.52. The SMILES string of the molecule is COC(=O)C1(CC2CCCN(C)C2)COC1. The Morgan fingerprint density at radius 2 is 2.31 bits per heavy atom. The molecule has 2 aliphatic rings. The second-order valence-electron chi connectivity index (χ2n) is 5.24. The summed E-state index contributed by atoms with van der Waals surface area (Å²) in [6, 6.07) is 0. The van der Waals surface area contributed by atoms with Crippen molar-refractivity contribution < 1.29 is 14.3 Å². The molecule has 0 N–H and O–H groups in total. The summed E-state index contributed by atoms with van der Waals surface area (Å²) < 4.78 is 10.1. The molecule has 0 spiro atoms. The zero-order valence-electron chi connectivity index (χ0n) is 10.2. The Morgan fingerprint density at radius 1 is 1.56 bits per heavy atom. The second-order valence-corrected chi connectivity index (χ2v) is 5.24. The molecule has 2 fully saturated rings. The molecule has 0 bridgehead atoms. The first-order valence-corrected chi connectivity index (χ1v) is 6.01. The summed E-state index contributed by atoms with van der Waals surface area (Å²) in [5, 5.41) is 0. The van der Waals surface area contributed by atoms with Crippen LogP contribution in [-0.2, 0) is 14.3 Å². The van der Waals surface area contributed by atoms with Crippen LogP contribution in [0.25, 0.3) is 0 Å². The lowest BCUT2D eigenvalue weighted by molar-refractivity contribution is -0.187. The molecule has 0 aromatic rings. The summed E-state index contributed by atoms with van der Waals surface area (Å²) in [7, 11) is 3.61. The van der Waals surface area contributed by atoms with Gasteiger partial charge >= 0.3 is 5.97 Å². The zero-order chi connectivity index (χ0) is 11.6. The van der Waals surface area contributed by atoms with E-state index < -0.39 is 0 Å². The fourth-order valence-corrected chi connectivity index (χ4v) is 2.88. The topological polar surface area (TPSA) is 38.8 Å². The van der Waals surface area contributed by atoms with Gasteiger partial charge in [0.25, 0.3) is 0 Å². The molecule has 0 radical (unpaired) electrons. The van der Waals surface area contributed by atoms with Gasteiger partial charge in [0.1, 0.15) is 5.41 Å². The van der Waals surface area contributed by atoms with Crippen LogP contribution in [0.3, 0.4) is 0 Å². The number of rotatable bonds is 3. The Bertz CT molecular complexity index is 263. The minimum absolute atomic E-state index is 0.0908. The molecule has 2 heterocycles. The molecule has 0 aromatic carbocycles. The lowest BCUT2D eigenvalue weighted by atomic mass is 9.75. The predicted molar refractivity (Wildman–Crippen MR) is 60.1 cm³/mol. The van der Waals surface area contributed by atoms with Crippen molar-refractivity contribution in [1.82, 2.24) is 4.90 Å². The average Bonchev–Trinajstić information content (AvgIpc) is 2.22. The fourth-order valence-electron chi connectivity index (χ4n) is 2.88. The van der Waals surface area contributed by atoms with E-state index in [1.54, 1.807) is 0 Å². The number of piperidine rings is 1. The zero-order valence-corrected chi connectivity index (χ0v) is 10.2. The largest absolute Gasteiger partial charge is 0.468 e. The number of nitrogens with zero attached hydrogens (tertiary/aromatic N) is 1. The Labute approximate surface area is 96.9 Å². The molecule has 92 valence electrons. The van der Waals surface area contributed by atoms with Gasteiger partial charge in [-0.25, -0.2) is 0 Å². The van der Waals surface area contributed by atoms with Gasteiger partial charge in [0, 0.05) is 6.54 Å². The van der Waals surface area contributed by atoms with E-state index in [2.05, 4.69) is 11.9 Å². The number of ether oxygens (including phenoxy) is 2. The van der Waals surface area contributed by atoms with Crippen molar-refractivity contribution in [2.24, 2.45) is 11.3 Å².